The van der Waals surface area contributed by atoms with E-state index in [4.69, 9.17) is 5.73 Å². The molecule has 0 aliphatic carbocycles. The number of nitrogens with two attached hydrogens (primary N) is 1. The number of likely N-dealkylation sites (tertiary alicyclic amines) is 1. The van der Waals surface area contributed by atoms with Crippen LogP contribution in [0.15, 0.2) is 4.99 Å². The first-order valence-corrected chi connectivity index (χ1v) is 5.94. The van der Waals surface area contributed by atoms with Crippen LogP contribution in [0.2, 0.25) is 0 Å². The quantitative estimate of drug-likeness (QED) is 0.519. The first-order chi connectivity index (χ1) is 7.18. The van der Waals surface area contributed by atoms with Crippen molar-refractivity contribution in [3.63, 3.8) is 0 Å². The maximum atomic E-state index is 5.73. The van der Waals surface area contributed by atoms with Crippen LogP contribution in [0.4, 0.5) is 0 Å². The third kappa shape index (κ3) is 5.62. The molecule has 0 amide bonds. The summed E-state index contributed by atoms with van der Waals surface area (Å²) in [7, 11) is 0. The molecule has 15 heavy (non-hydrogen) atoms. The maximum Gasteiger partial charge on any atom is 0.188 e. The molecule has 0 saturated carbocycles. The van der Waals surface area contributed by atoms with Gasteiger partial charge in [0.05, 0.1) is 0 Å². The summed E-state index contributed by atoms with van der Waals surface area (Å²) in [6.07, 6.45) is 2.69. The van der Waals surface area contributed by atoms with Crippen LogP contribution in [-0.4, -0.2) is 43.6 Å². The van der Waals surface area contributed by atoms with Crippen LogP contribution >= 0.6 is 0 Å². The predicted molar refractivity (Wildman–Crippen MR) is 65.0 cm³/mol. The molecule has 3 N–H and O–H groups in total. The van der Waals surface area contributed by atoms with Gasteiger partial charge in [-0.3, -0.25) is 4.99 Å². The molecule has 1 rings (SSSR count). The molecule has 0 radical (unpaired) electrons. The number of hydrogen-bond acceptors (Lipinski definition) is 2. The summed E-state index contributed by atoms with van der Waals surface area (Å²) in [5.74, 6) is 1.16. The minimum Gasteiger partial charge on any atom is -0.370 e. The summed E-state index contributed by atoms with van der Waals surface area (Å²) in [5, 5.41) is 3.15. The van der Waals surface area contributed by atoms with Crippen molar-refractivity contribution in [1.82, 2.24) is 10.2 Å². The van der Waals surface area contributed by atoms with Crippen molar-refractivity contribution in [2.75, 3.05) is 32.7 Å². The Balaban J connectivity index is 2.05. The third-order valence-electron chi connectivity index (χ3n) is 2.56. The van der Waals surface area contributed by atoms with Gasteiger partial charge in [-0.05, 0) is 31.8 Å². The summed E-state index contributed by atoms with van der Waals surface area (Å²) >= 11 is 0. The van der Waals surface area contributed by atoms with E-state index >= 15 is 0 Å². The first kappa shape index (κ1) is 12.3. The average Bonchev–Trinajstić information content (AvgIpc) is 2.67. The van der Waals surface area contributed by atoms with Crippen molar-refractivity contribution < 1.29 is 0 Å². The van der Waals surface area contributed by atoms with E-state index in [0.717, 1.165) is 19.6 Å². The van der Waals surface area contributed by atoms with Gasteiger partial charge >= 0.3 is 0 Å². The van der Waals surface area contributed by atoms with Crippen LogP contribution in [0.25, 0.3) is 0 Å². The summed E-state index contributed by atoms with van der Waals surface area (Å²) < 4.78 is 0. The fourth-order valence-electron chi connectivity index (χ4n) is 1.69. The number of aliphatic imine (C=N–C) groups is 1. The third-order valence-corrected chi connectivity index (χ3v) is 2.56. The molecule has 88 valence electrons. The number of nitrogens with one attached hydrogen (secondary N) is 1. The Kier molecular flexibility index (Phi) is 5.47. The highest BCUT2D eigenvalue weighted by Crippen LogP contribution is 2.05. The van der Waals surface area contributed by atoms with Crippen molar-refractivity contribution >= 4 is 5.96 Å². The molecule has 1 heterocycles. The zero-order chi connectivity index (χ0) is 11.1. The molecule has 0 bridgehead atoms. The lowest BCUT2D eigenvalue weighted by molar-refractivity contribution is 0.343. The van der Waals surface area contributed by atoms with Crippen molar-refractivity contribution in [3.05, 3.63) is 0 Å². The standard InChI is InChI=1S/C11H24N4/c1-10(2)9-14-11(12)13-5-8-15-6-3-4-7-15/h10H,3-9H2,1-2H3,(H3,12,13,14). The number of hydrogen-bond donors (Lipinski definition) is 2. The van der Waals surface area contributed by atoms with Gasteiger partial charge < -0.3 is 16.0 Å². The van der Waals surface area contributed by atoms with Gasteiger partial charge in [0, 0.05) is 19.6 Å². The predicted octanol–water partition coefficient (Wildman–Crippen LogP) is 0.643. The lowest BCUT2D eigenvalue weighted by atomic mass is 10.2. The summed E-state index contributed by atoms with van der Waals surface area (Å²) in [5.41, 5.74) is 5.73. The first-order valence-electron chi connectivity index (χ1n) is 5.94. The van der Waals surface area contributed by atoms with E-state index in [2.05, 4.69) is 29.1 Å². The van der Waals surface area contributed by atoms with E-state index < -0.39 is 0 Å². The van der Waals surface area contributed by atoms with E-state index in [0.29, 0.717) is 11.9 Å². The van der Waals surface area contributed by atoms with Crippen molar-refractivity contribution in [2.45, 2.75) is 26.7 Å². The van der Waals surface area contributed by atoms with Crippen LogP contribution in [0.3, 0.4) is 0 Å². The molecule has 0 aromatic carbocycles. The zero-order valence-corrected chi connectivity index (χ0v) is 10.00. The molecule has 4 heteroatoms. The van der Waals surface area contributed by atoms with Gasteiger partial charge in [0.25, 0.3) is 0 Å². The van der Waals surface area contributed by atoms with E-state index in [1.54, 1.807) is 0 Å². The molecule has 1 aliphatic rings. The molecular weight excluding hydrogens is 188 g/mol. The normalized spacial score (nSPS) is 18.7. The second-order valence-electron chi connectivity index (χ2n) is 4.60. The largest absolute Gasteiger partial charge is 0.370 e. The second kappa shape index (κ2) is 6.67. The highest BCUT2D eigenvalue weighted by molar-refractivity contribution is 5.77. The number of nitrogens with zero attached hydrogens (tertiary/aromatic N) is 2. The smallest absolute Gasteiger partial charge is 0.188 e. The minimum atomic E-state index is 0.573. The van der Waals surface area contributed by atoms with E-state index in [-0.39, 0.29) is 0 Å². The Hall–Kier alpha value is -0.770. The number of rotatable bonds is 5. The zero-order valence-electron chi connectivity index (χ0n) is 10.00. The second-order valence-corrected chi connectivity index (χ2v) is 4.60. The van der Waals surface area contributed by atoms with Gasteiger partial charge in [-0.2, -0.15) is 0 Å². The molecule has 1 aliphatic heterocycles. The van der Waals surface area contributed by atoms with Crippen LogP contribution in [0, 0.1) is 5.92 Å². The van der Waals surface area contributed by atoms with Gasteiger partial charge in [-0.15, -0.1) is 0 Å². The molecule has 1 fully saturated rings. The fourth-order valence-corrected chi connectivity index (χ4v) is 1.69. The molecule has 4 nitrogen and oxygen atoms in total. The molecule has 0 unspecified atom stereocenters. The van der Waals surface area contributed by atoms with Gasteiger partial charge in [-0.25, -0.2) is 0 Å². The molecule has 0 spiro atoms. The van der Waals surface area contributed by atoms with Gasteiger partial charge in [0.2, 0.25) is 0 Å². The van der Waals surface area contributed by atoms with Crippen molar-refractivity contribution in [2.24, 2.45) is 16.6 Å². The lowest BCUT2D eigenvalue weighted by Crippen LogP contribution is -2.38. The monoisotopic (exact) mass is 212 g/mol. The SMILES string of the molecule is CC(C)CN=C(N)NCCN1CCCC1. The van der Waals surface area contributed by atoms with Crippen LogP contribution < -0.4 is 11.1 Å². The highest BCUT2D eigenvalue weighted by Gasteiger charge is 2.10. The Morgan fingerprint density at radius 1 is 1.40 bits per heavy atom. The van der Waals surface area contributed by atoms with Crippen LogP contribution in [0.1, 0.15) is 26.7 Å². The Morgan fingerprint density at radius 2 is 2.07 bits per heavy atom. The highest BCUT2D eigenvalue weighted by atomic mass is 15.2. The van der Waals surface area contributed by atoms with Gasteiger partial charge in [0.15, 0.2) is 5.96 Å². The Bertz CT molecular complexity index is 195. The molecule has 0 aromatic heterocycles. The van der Waals surface area contributed by atoms with Crippen LogP contribution in [0.5, 0.6) is 0 Å². The van der Waals surface area contributed by atoms with Crippen LogP contribution in [-0.2, 0) is 0 Å². The summed E-state index contributed by atoms with van der Waals surface area (Å²) in [6, 6.07) is 0. The molecule has 0 aromatic rings. The van der Waals surface area contributed by atoms with E-state index in [1.165, 1.54) is 25.9 Å². The topological polar surface area (TPSA) is 53.6 Å². The number of guanidine groups is 1. The van der Waals surface area contributed by atoms with Crippen molar-refractivity contribution in [3.8, 4) is 0 Å². The maximum absolute atomic E-state index is 5.73. The van der Waals surface area contributed by atoms with E-state index in [9.17, 15) is 0 Å². The minimum absolute atomic E-state index is 0.573. The average molecular weight is 212 g/mol. The Morgan fingerprint density at radius 3 is 2.67 bits per heavy atom. The van der Waals surface area contributed by atoms with Gasteiger partial charge in [-0.1, -0.05) is 13.8 Å². The van der Waals surface area contributed by atoms with Gasteiger partial charge in [0.1, 0.15) is 0 Å². The van der Waals surface area contributed by atoms with Crippen molar-refractivity contribution in [1.29, 1.82) is 0 Å². The van der Waals surface area contributed by atoms with E-state index in [1.807, 2.05) is 0 Å². The Labute approximate surface area is 92.9 Å². The fraction of sp³-hybridized carbons (Fsp3) is 0.909. The summed E-state index contributed by atoms with van der Waals surface area (Å²) in [4.78, 5) is 6.71. The summed E-state index contributed by atoms with van der Waals surface area (Å²) in [6.45, 7) is 9.56. The lowest BCUT2D eigenvalue weighted by Gasteiger charge is -2.14. The molecular formula is C11H24N4. The molecule has 1 saturated heterocycles. The molecule has 0 atom stereocenters.